The lowest BCUT2D eigenvalue weighted by Gasteiger charge is -1.96. The summed E-state index contributed by atoms with van der Waals surface area (Å²) in [4.78, 5) is 10.2. The average molecular weight is 199 g/mol. The molecule has 1 rings (SSSR count). The molecule has 2 amide bonds. The fourth-order valence-electron chi connectivity index (χ4n) is 0.786. The van der Waals surface area contributed by atoms with E-state index in [2.05, 4.69) is 5.10 Å². The molecular formula is C8H7F2N3O. The maximum absolute atomic E-state index is 12.9. The molecule has 0 aliphatic carbocycles. The van der Waals surface area contributed by atoms with E-state index in [1.165, 1.54) is 12.1 Å². The van der Waals surface area contributed by atoms with Crippen LogP contribution in [0.4, 0.5) is 13.6 Å². The maximum atomic E-state index is 12.9. The Labute approximate surface area is 78.4 Å². The first-order chi connectivity index (χ1) is 6.61. The van der Waals surface area contributed by atoms with Crippen LogP contribution in [0.25, 0.3) is 0 Å². The van der Waals surface area contributed by atoms with E-state index in [9.17, 15) is 13.6 Å². The van der Waals surface area contributed by atoms with Crippen LogP contribution < -0.4 is 11.2 Å². The number of urea groups is 1. The third-order valence-electron chi connectivity index (χ3n) is 1.36. The van der Waals surface area contributed by atoms with Crippen LogP contribution in [-0.2, 0) is 0 Å². The van der Waals surface area contributed by atoms with Gasteiger partial charge in [0.1, 0.15) is 0 Å². The van der Waals surface area contributed by atoms with Crippen molar-refractivity contribution in [1.82, 2.24) is 5.43 Å². The second kappa shape index (κ2) is 4.31. The van der Waals surface area contributed by atoms with E-state index in [1.54, 1.807) is 0 Å². The Hall–Kier alpha value is -1.98. The topological polar surface area (TPSA) is 67.5 Å². The number of benzene rings is 1. The summed E-state index contributed by atoms with van der Waals surface area (Å²) in [5.74, 6) is -2.00. The van der Waals surface area contributed by atoms with E-state index in [-0.39, 0.29) is 5.56 Å². The lowest BCUT2D eigenvalue weighted by molar-refractivity contribution is 0.249. The van der Waals surface area contributed by atoms with E-state index in [0.717, 1.165) is 12.3 Å². The zero-order valence-electron chi connectivity index (χ0n) is 7.00. The first-order valence-corrected chi connectivity index (χ1v) is 3.64. The SMILES string of the molecule is NC(=O)N/N=C/c1cccc(F)c1F. The summed E-state index contributed by atoms with van der Waals surface area (Å²) in [5.41, 5.74) is 6.48. The van der Waals surface area contributed by atoms with E-state index in [4.69, 9.17) is 5.73 Å². The maximum Gasteiger partial charge on any atom is 0.332 e. The quantitative estimate of drug-likeness (QED) is 0.540. The van der Waals surface area contributed by atoms with Gasteiger partial charge in [-0.05, 0) is 6.07 Å². The zero-order valence-corrected chi connectivity index (χ0v) is 7.00. The molecule has 0 aliphatic heterocycles. The molecule has 14 heavy (non-hydrogen) atoms. The Morgan fingerprint density at radius 1 is 1.50 bits per heavy atom. The molecule has 1 aromatic rings. The minimum absolute atomic E-state index is 0.0706. The van der Waals surface area contributed by atoms with Crippen LogP contribution in [0.3, 0.4) is 0 Å². The number of carbonyl (C=O) groups is 1. The van der Waals surface area contributed by atoms with Crippen LogP contribution in [0.5, 0.6) is 0 Å². The van der Waals surface area contributed by atoms with Gasteiger partial charge >= 0.3 is 6.03 Å². The van der Waals surface area contributed by atoms with Gasteiger partial charge in [-0.1, -0.05) is 12.1 Å². The summed E-state index contributed by atoms with van der Waals surface area (Å²) in [7, 11) is 0. The molecule has 3 N–H and O–H groups in total. The van der Waals surface area contributed by atoms with E-state index in [1.807, 2.05) is 5.43 Å². The molecule has 0 aliphatic rings. The number of carbonyl (C=O) groups excluding carboxylic acids is 1. The van der Waals surface area contributed by atoms with Crippen LogP contribution >= 0.6 is 0 Å². The molecule has 0 saturated carbocycles. The molecule has 0 heterocycles. The summed E-state index contributed by atoms with van der Waals surface area (Å²) < 4.78 is 25.5. The minimum atomic E-state index is -1.03. The summed E-state index contributed by atoms with van der Waals surface area (Å²) >= 11 is 0. The lowest BCUT2D eigenvalue weighted by atomic mass is 10.2. The molecule has 0 atom stereocenters. The van der Waals surface area contributed by atoms with Crippen molar-refractivity contribution in [3.05, 3.63) is 35.4 Å². The van der Waals surface area contributed by atoms with Crippen molar-refractivity contribution < 1.29 is 13.6 Å². The highest BCUT2D eigenvalue weighted by atomic mass is 19.2. The molecule has 0 unspecified atom stereocenters. The van der Waals surface area contributed by atoms with Gasteiger partial charge in [-0.25, -0.2) is 19.0 Å². The average Bonchev–Trinajstić information content (AvgIpc) is 2.12. The number of rotatable bonds is 2. The Bertz CT molecular complexity index is 379. The van der Waals surface area contributed by atoms with Crippen molar-refractivity contribution >= 4 is 12.2 Å². The van der Waals surface area contributed by atoms with Crippen molar-refractivity contribution in [2.45, 2.75) is 0 Å². The van der Waals surface area contributed by atoms with Gasteiger partial charge in [0.05, 0.1) is 6.21 Å². The van der Waals surface area contributed by atoms with Gasteiger partial charge in [-0.2, -0.15) is 5.10 Å². The second-order valence-corrected chi connectivity index (χ2v) is 2.38. The summed E-state index contributed by atoms with van der Waals surface area (Å²) in [5, 5.41) is 3.29. The van der Waals surface area contributed by atoms with E-state index >= 15 is 0 Å². The predicted molar refractivity (Wildman–Crippen MR) is 46.7 cm³/mol. The number of primary amides is 1. The molecule has 1 aromatic carbocycles. The molecule has 0 radical (unpaired) electrons. The van der Waals surface area contributed by atoms with Gasteiger partial charge in [0.15, 0.2) is 11.6 Å². The van der Waals surface area contributed by atoms with E-state index < -0.39 is 17.7 Å². The third-order valence-corrected chi connectivity index (χ3v) is 1.36. The fraction of sp³-hybridized carbons (Fsp3) is 0. The van der Waals surface area contributed by atoms with Crippen molar-refractivity contribution in [3.8, 4) is 0 Å². The third kappa shape index (κ3) is 2.51. The van der Waals surface area contributed by atoms with Crippen LogP contribution in [0.15, 0.2) is 23.3 Å². The van der Waals surface area contributed by atoms with Gasteiger partial charge in [0.2, 0.25) is 0 Å². The van der Waals surface area contributed by atoms with Crippen LogP contribution in [0.2, 0.25) is 0 Å². The number of nitrogens with one attached hydrogen (secondary N) is 1. The largest absolute Gasteiger partial charge is 0.350 e. The highest BCUT2D eigenvalue weighted by Gasteiger charge is 2.04. The minimum Gasteiger partial charge on any atom is -0.350 e. The van der Waals surface area contributed by atoms with Crippen LogP contribution in [-0.4, -0.2) is 12.2 Å². The van der Waals surface area contributed by atoms with Crippen molar-refractivity contribution in [1.29, 1.82) is 0 Å². The second-order valence-electron chi connectivity index (χ2n) is 2.38. The summed E-state index contributed by atoms with van der Waals surface area (Å²) in [6.45, 7) is 0. The Balaban J connectivity index is 2.81. The summed E-state index contributed by atoms with van der Waals surface area (Å²) in [6, 6.07) is 2.74. The van der Waals surface area contributed by atoms with Gasteiger partial charge in [0.25, 0.3) is 0 Å². The Morgan fingerprint density at radius 2 is 2.21 bits per heavy atom. The monoisotopic (exact) mass is 199 g/mol. The number of hydrazone groups is 1. The predicted octanol–water partition coefficient (Wildman–Crippen LogP) is 0.967. The highest BCUT2D eigenvalue weighted by molar-refractivity contribution is 5.81. The number of hydrogen-bond donors (Lipinski definition) is 2. The van der Waals surface area contributed by atoms with E-state index in [0.29, 0.717) is 0 Å². The zero-order chi connectivity index (χ0) is 10.6. The molecule has 4 nitrogen and oxygen atoms in total. The number of halogens is 2. The van der Waals surface area contributed by atoms with Gasteiger partial charge < -0.3 is 5.73 Å². The highest BCUT2D eigenvalue weighted by Crippen LogP contribution is 2.08. The molecule has 0 spiro atoms. The molecule has 0 saturated heterocycles. The van der Waals surface area contributed by atoms with Gasteiger partial charge in [0, 0.05) is 5.56 Å². The Kier molecular flexibility index (Phi) is 3.11. The number of nitrogens with zero attached hydrogens (tertiary/aromatic N) is 1. The first kappa shape index (κ1) is 10.1. The van der Waals surface area contributed by atoms with Crippen LogP contribution in [0, 0.1) is 11.6 Å². The molecule has 0 fully saturated rings. The molecular weight excluding hydrogens is 192 g/mol. The standard InChI is InChI=1S/C8H7F2N3O/c9-6-3-1-2-5(7(6)10)4-12-13-8(11)14/h1-4H,(H3,11,13,14)/b12-4+. The first-order valence-electron chi connectivity index (χ1n) is 3.64. The molecule has 0 bridgehead atoms. The van der Waals surface area contributed by atoms with Crippen LogP contribution in [0.1, 0.15) is 5.56 Å². The summed E-state index contributed by atoms with van der Waals surface area (Å²) in [6.07, 6.45) is 0.961. The smallest absolute Gasteiger partial charge is 0.332 e. The fourth-order valence-corrected chi connectivity index (χ4v) is 0.786. The molecule has 0 aromatic heterocycles. The van der Waals surface area contributed by atoms with Gasteiger partial charge in [-0.15, -0.1) is 0 Å². The Morgan fingerprint density at radius 3 is 2.86 bits per heavy atom. The normalized spacial score (nSPS) is 10.4. The lowest BCUT2D eigenvalue weighted by Crippen LogP contribution is -2.24. The number of nitrogens with two attached hydrogens (primary N) is 1. The van der Waals surface area contributed by atoms with Gasteiger partial charge in [-0.3, -0.25) is 0 Å². The molecule has 74 valence electrons. The van der Waals surface area contributed by atoms with Crippen molar-refractivity contribution in [2.24, 2.45) is 10.8 Å². The number of amides is 2. The van der Waals surface area contributed by atoms with Crippen molar-refractivity contribution in [3.63, 3.8) is 0 Å². The number of hydrogen-bond acceptors (Lipinski definition) is 2. The molecule has 6 heteroatoms. The van der Waals surface area contributed by atoms with Crippen molar-refractivity contribution in [2.75, 3.05) is 0 Å².